The fraction of sp³-hybridized carbons (Fsp3) is 0.333. The Labute approximate surface area is 93.2 Å². The first-order valence-corrected chi connectivity index (χ1v) is 6.40. The van der Waals surface area contributed by atoms with Crippen LogP contribution in [0.1, 0.15) is 25.3 Å². The van der Waals surface area contributed by atoms with Crippen LogP contribution in [0.15, 0.2) is 17.0 Å². The van der Waals surface area contributed by atoms with Crippen LogP contribution < -0.4 is 0 Å². The molecule has 0 amide bonds. The van der Waals surface area contributed by atoms with Gasteiger partial charge in [0, 0.05) is 0 Å². The molecule has 0 aromatic heterocycles. The zero-order chi connectivity index (χ0) is 13.7. The van der Waals surface area contributed by atoms with Crippen molar-refractivity contribution in [1.82, 2.24) is 0 Å². The van der Waals surface area contributed by atoms with Crippen molar-refractivity contribution in [2.75, 3.05) is 0 Å². The van der Waals surface area contributed by atoms with Gasteiger partial charge in [0.25, 0.3) is 0 Å². The first kappa shape index (κ1) is 14.1. The van der Waals surface area contributed by atoms with E-state index in [9.17, 15) is 28.2 Å². The Morgan fingerprint density at radius 3 is 1.47 bits per heavy atom. The molecule has 0 aliphatic carbocycles. The minimum Gasteiger partial charge on any atom is -0.205 e. The van der Waals surface area contributed by atoms with E-state index in [0.29, 0.717) is 0 Å². The van der Waals surface area contributed by atoms with E-state index < -0.39 is 32.7 Å². The summed E-state index contributed by atoms with van der Waals surface area (Å²) >= 11 is 0. The van der Waals surface area contributed by atoms with Crippen LogP contribution in [0.25, 0.3) is 0 Å². The predicted molar refractivity (Wildman–Crippen MR) is 51.8 cm³/mol. The van der Waals surface area contributed by atoms with Crippen molar-refractivity contribution in [1.29, 1.82) is 0 Å². The SMILES string of the molecule is CC(C)c1cc(F)c(S(F)(F)(F)(F)F)c(F)c1. The van der Waals surface area contributed by atoms with Crippen LogP contribution in [0.3, 0.4) is 0 Å². The lowest BCUT2D eigenvalue weighted by Crippen LogP contribution is -2.12. The number of hydrogen-bond donors (Lipinski definition) is 0. The molecule has 1 aromatic carbocycles. The molecule has 1 rings (SSSR count). The minimum absolute atomic E-state index is 0.120. The van der Waals surface area contributed by atoms with Crippen molar-refractivity contribution < 1.29 is 28.2 Å². The molecular formula is C9H9F7S. The quantitative estimate of drug-likeness (QED) is 0.606. The van der Waals surface area contributed by atoms with Gasteiger partial charge < -0.3 is 0 Å². The summed E-state index contributed by atoms with van der Waals surface area (Å²) in [5, 5.41) is 0. The molecule has 0 radical (unpaired) electrons. The molecule has 0 N–H and O–H groups in total. The Kier molecular flexibility index (Phi) is 2.57. The summed E-state index contributed by atoms with van der Waals surface area (Å²) in [6, 6.07) is 0.558. The molecule has 17 heavy (non-hydrogen) atoms. The van der Waals surface area contributed by atoms with Crippen LogP contribution in [-0.2, 0) is 0 Å². The maximum atomic E-state index is 13.0. The highest BCUT2D eigenvalue weighted by atomic mass is 32.5. The van der Waals surface area contributed by atoms with Crippen LogP contribution in [0, 0.1) is 11.6 Å². The van der Waals surface area contributed by atoms with Gasteiger partial charge in [-0.05, 0) is 23.6 Å². The number of hydrogen-bond acceptors (Lipinski definition) is 0. The molecule has 0 aliphatic rings. The summed E-state index contributed by atoms with van der Waals surface area (Å²) in [5.41, 5.74) is -0.120. The van der Waals surface area contributed by atoms with Gasteiger partial charge in [-0.2, -0.15) is 0 Å². The molecular weight excluding hydrogens is 273 g/mol. The molecule has 1 aromatic rings. The lowest BCUT2D eigenvalue weighted by atomic mass is 10.0. The predicted octanol–water partition coefficient (Wildman–Crippen LogP) is 5.75. The van der Waals surface area contributed by atoms with Gasteiger partial charge in [-0.1, -0.05) is 33.3 Å². The highest BCUT2D eigenvalue weighted by Gasteiger charge is 2.68. The second-order valence-corrected chi connectivity index (χ2v) is 6.28. The van der Waals surface area contributed by atoms with Crippen molar-refractivity contribution >= 4 is 10.2 Å². The third-order valence-electron chi connectivity index (χ3n) is 2.07. The van der Waals surface area contributed by atoms with Gasteiger partial charge in [0.15, 0.2) is 4.90 Å². The molecule has 0 saturated heterocycles. The molecule has 0 saturated carbocycles. The van der Waals surface area contributed by atoms with E-state index >= 15 is 0 Å². The van der Waals surface area contributed by atoms with Gasteiger partial charge in [0.2, 0.25) is 0 Å². The molecule has 0 nitrogen and oxygen atoms in total. The molecule has 0 unspecified atom stereocenters. The van der Waals surface area contributed by atoms with E-state index in [-0.39, 0.29) is 17.7 Å². The van der Waals surface area contributed by atoms with E-state index in [4.69, 9.17) is 0 Å². The van der Waals surface area contributed by atoms with E-state index in [0.717, 1.165) is 0 Å². The van der Waals surface area contributed by atoms with E-state index in [2.05, 4.69) is 0 Å². The summed E-state index contributed by atoms with van der Waals surface area (Å²) in [4.78, 5) is -3.07. The molecule has 100 valence electrons. The smallest absolute Gasteiger partial charge is 0.205 e. The van der Waals surface area contributed by atoms with Crippen molar-refractivity contribution in [3.63, 3.8) is 0 Å². The van der Waals surface area contributed by atoms with Gasteiger partial charge in [-0.3, -0.25) is 0 Å². The molecule has 0 heterocycles. The monoisotopic (exact) mass is 282 g/mol. The third-order valence-corrected chi connectivity index (χ3v) is 3.23. The number of rotatable bonds is 2. The maximum absolute atomic E-state index is 13.0. The first-order chi connectivity index (χ1) is 7.22. The lowest BCUT2D eigenvalue weighted by Gasteiger charge is -2.40. The average molecular weight is 282 g/mol. The van der Waals surface area contributed by atoms with Crippen molar-refractivity contribution in [2.45, 2.75) is 24.7 Å². The fourth-order valence-electron chi connectivity index (χ4n) is 1.28. The molecule has 0 atom stereocenters. The minimum atomic E-state index is -10.3. The van der Waals surface area contributed by atoms with Crippen molar-refractivity contribution in [2.24, 2.45) is 0 Å². The molecule has 0 fully saturated rings. The van der Waals surface area contributed by atoms with Gasteiger partial charge in [-0.15, -0.1) is 0 Å². The number of halogens is 7. The summed E-state index contributed by atoms with van der Waals surface area (Å²) in [7, 11) is -10.3. The molecule has 8 heteroatoms. The fourth-order valence-corrected chi connectivity index (χ4v) is 2.14. The summed E-state index contributed by atoms with van der Waals surface area (Å²) < 4.78 is 87.7. The molecule has 0 spiro atoms. The van der Waals surface area contributed by atoms with Gasteiger partial charge in [0.1, 0.15) is 11.6 Å². The highest BCUT2D eigenvalue weighted by Crippen LogP contribution is 3.02. The van der Waals surface area contributed by atoms with Gasteiger partial charge >= 0.3 is 10.2 Å². The normalized spacial score (nSPS) is 16.8. The van der Waals surface area contributed by atoms with Crippen molar-refractivity contribution in [3.8, 4) is 0 Å². The van der Waals surface area contributed by atoms with Crippen LogP contribution in [0.4, 0.5) is 28.2 Å². The van der Waals surface area contributed by atoms with Gasteiger partial charge in [-0.25, -0.2) is 8.78 Å². The molecule has 0 aliphatic heterocycles. The van der Waals surface area contributed by atoms with E-state index in [1.807, 2.05) is 0 Å². The van der Waals surface area contributed by atoms with Gasteiger partial charge in [0.05, 0.1) is 0 Å². The Balaban J connectivity index is 3.62. The Morgan fingerprint density at radius 1 is 0.882 bits per heavy atom. The Morgan fingerprint density at radius 2 is 1.24 bits per heavy atom. The average Bonchev–Trinajstić information content (AvgIpc) is 1.96. The van der Waals surface area contributed by atoms with E-state index in [1.165, 1.54) is 13.8 Å². The van der Waals surface area contributed by atoms with Crippen molar-refractivity contribution in [3.05, 3.63) is 29.3 Å². The summed E-state index contributed by atoms with van der Waals surface area (Å²) in [5.74, 6) is -5.05. The van der Waals surface area contributed by atoms with Crippen LogP contribution in [0.5, 0.6) is 0 Å². The second-order valence-electron chi connectivity index (χ2n) is 3.94. The standard InChI is InChI=1S/C9H9F7S/c1-5(2)6-3-7(10)9(8(11)4-6)17(12,13,14,15)16/h3-5H,1-2H3. The van der Waals surface area contributed by atoms with E-state index in [1.54, 1.807) is 0 Å². The maximum Gasteiger partial charge on any atom is 0.315 e. The highest BCUT2D eigenvalue weighted by molar-refractivity contribution is 8.45. The van der Waals surface area contributed by atoms with Crippen LogP contribution in [0.2, 0.25) is 0 Å². The topological polar surface area (TPSA) is 0 Å². The second kappa shape index (κ2) is 3.09. The lowest BCUT2D eigenvalue weighted by molar-refractivity contribution is 0.344. The third kappa shape index (κ3) is 3.05. The van der Waals surface area contributed by atoms with Crippen LogP contribution in [-0.4, -0.2) is 0 Å². The summed E-state index contributed by atoms with van der Waals surface area (Å²) in [6.07, 6.45) is 0. The zero-order valence-electron chi connectivity index (χ0n) is 8.79. The summed E-state index contributed by atoms with van der Waals surface area (Å²) in [6.45, 7) is 2.93. The largest absolute Gasteiger partial charge is 0.315 e. The molecule has 0 bridgehead atoms. The van der Waals surface area contributed by atoms with Crippen LogP contribution >= 0.6 is 10.2 Å². The Hall–Kier alpha value is -0.920. The zero-order valence-corrected chi connectivity index (χ0v) is 9.60. The first-order valence-electron chi connectivity index (χ1n) is 4.45. The number of benzene rings is 1. The Bertz CT molecular complexity index is 436.